The van der Waals surface area contributed by atoms with Gasteiger partial charge in [-0.2, -0.15) is 5.21 Å². The van der Waals surface area contributed by atoms with Crippen LogP contribution in [0.1, 0.15) is 35.4 Å². The van der Waals surface area contributed by atoms with Crippen molar-refractivity contribution in [2.24, 2.45) is 0 Å². The second kappa shape index (κ2) is 6.52. The predicted octanol–water partition coefficient (Wildman–Crippen LogP) is 2.37. The van der Waals surface area contributed by atoms with Crippen molar-refractivity contribution in [2.75, 3.05) is 7.05 Å². The average Bonchev–Trinajstić information content (AvgIpc) is 3.26. The predicted molar refractivity (Wildman–Crippen MR) is 87.9 cm³/mol. The molecule has 1 N–H and O–H groups in total. The molecule has 0 radical (unpaired) electrons. The van der Waals surface area contributed by atoms with E-state index in [0.29, 0.717) is 5.82 Å². The Morgan fingerprint density at radius 3 is 2.75 bits per heavy atom. The highest BCUT2D eigenvalue weighted by Gasteiger charge is 2.20. The van der Waals surface area contributed by atoms with Gasteiger partial charge in [0, 0.05) is 30.6 Å². The van der Waals surface area contributed by atoms with Gasteiger partial charge in [-0.25, -0.2) is 0 Å². The van der Waals surface area contributed by atoms with E-state index in [0.717, 1.165) is 42.9 Å². The Labute approximate surface area is 140 Å². The molecule has 7 heteroatoms. The highest BCUT2D eigenvalue weighted by molar-refractivity contribution is 5.54. The normalized spacial score (nSPS) is 14.1. The molecule has 24 heavy (non-hydrogen) atoms. The molecule has 0 atom stereocenters. The van der Waals surface area contributed by atoms with E-state index in [1.54, 1.807) is 0 Å². The van der Waals surface area contributed by atoms with Crippen molar-refractivity contribution in [1.82, 2.24) is 30.7 Å². The first-order valence-electron chi connectivity index (χ1n) is 8.27. The van der Waals surface area contributed by atoms with E-state index in [-0.39, 0.29) is 0 Å². The zero-order chi connectivity index (χ0) is 16.4. The van der Waals surface area contributed by atoms with E-state index < -0.39 is 0 Å². The molecule has 0 spiro atoms. The van der Waals surface area contributed by atoms with Gasteiger partial charge in [-0.15, -0.1) is 10.2 Å². The molecule has 0 saturated carbocycles. The minimum absolute atomic E-state index is 0.615. The highest BCUT2D eigenvalue weighted by atomic mass is 16.5. The van der Waals surface area contributed by atoms with Crippen LogP contribution in [0.3, 0.4) is 0 Å². The Bertz CT molecular complexity index is 793. The summed E-state index contributed by atoms with van der Waals surface area (Å²) in [5.74, 6) is 1.71. The summed E-state index contributed by atoms with van der Waals surface area (Å²) in [6.07, 6.45) is 4.58. The van der Waals surface area contributed by atoms with Gasteiger partial charge < -0.3 is 4.52 Å². The van der Waals surface area contributed by atoms with Gasteiger partial charge in [0.15, 0.2) is 0 Å². The molecule has 1 aromatic carbocycles. The summed E-state index contributed by atoms with van der Waals surface area (Å²) < 4.78 is 5.50. The van der Waals surface area contributed by atoms with Crippen LogP contribution < -0.4 is 0 Å². The summed E-state index contributed by atoms with van der Waals surface area (Å²) in [6.45, 7) is 1.67. The standard InChI is InChI=1S/C17H20N6O/c1-23(11-15-14-4-2-3-5-16(14)24-20-15)10-12-6-8-13(9-7-12)17-18-21-22-19-17/h6-9H,2-5,10-11H2,1H3,(H,18,19,21,22). The van der Waals surface area contributed by atoms with Gasteiger partial charge in [0.2, 0.25) is 5.82 Å². The number of hydrogen-bond acceptors (Lipinski definition) is 6. The molecule has 4 rings (SSSR count). The molecular weight excluding hydrogens is 304 g/mol. The van der Waals surface area contributed by atoms with E-state index in [1.165, 1.54) is 24.0 Å². The minimum Gasteiger partial charge on any atom is -0.361 e. The van der Waals surface area contributed by atoms with E-state index >= 15 is 0 Å². The van der Waals surface area contributed by atoms with Crippen LogP contribution in [0.5, 0.6) is 0 Å². The fourth-order valence-electron chi connectivity index (χ4n) is 3.24. The average molecular weight is 324 g/mol. The molecule has 0 fully saturated rings. The number of H-pyrrole nitrogens is 1. The van der Waals surface area contributed by atoms with Crippen LogP contribution in [0.15, 0.2) is 28.8 Å². The SMILES string of the molecule is CN(Cc1ccc(-c2nn[nH]n2)cc1)Cc1noc2c1CCCC2. The number of tetrazole rings is 1. The topological polar surface area (TPSA) is 83.7 Å². The van der Waals surface area contributed by atoms with Crippen LogP contribution in [0.25, 0.3) is 11.4 Å². The quantitative estimate of drug-likeness (QED) is 0.775. The Kier molecular flexibility index (Phi) is 4.08. The number of aryl methyl sites for hydroxylation is 1. The molecule has 1 aliphatic carbocycles. The van der Waals surface area contributed by atoms with Crippen molar-refractivity contribution in [3.8, 4) is 11.4 Å². The Hall–Kier alpha value is -2.54. The van der Waals surface area contributed by atoms with Crippen LogP contribution in [0.2, 0.25) is 0 Å². The molecule has 2 aromatic heterocycles. The lowest BCUT2D eigenvalue weighted by Crippen LogP contribution is -2.18. The number of rotatable bonds is 5. The summed E-state index contributed by atoms with van der Waals surface area (Å²) in [5, 5.41) is 18.3. The van der Waals surface area contributed by atoms with Gasteiger partial charge in [0.1, 0.15) is 11.5 Å². The summed E-state index contributed by atoms with van der Waals surface area (Å²) >= 11 is 0. The molecule has 1 aliphatic rings. The van der Waals surface area contributed by atoms with Crippen LogP contribution >= 0.6 is 0 Å². The summed E-state index contributed by atoms with van der Waals surface area (Å²) in [5.41, 5.74) is 4.62. The first-order chi connectivity index (χ1) is 11.8. The first kappa shape index (κ1) is 15.0. The minimum atomic E-state index is 0.615. The number of aromatic amines is 1. The van der Waals surface area contributed by atoms with Gasteiger partial charge in [0.25, 0.3) is 0 Å². The lowest BCUT2D eigenvalue weighted by Gasteiger charge is -2.17. The highest BCUT2D eigenvalue weighted by Crippen LogP contribution is 2.25. The smallest absolute Gasteiger partial charge is 0.204 e. The van der Waals surface area contributed by atoms with Crippen LogP contribution in [-0.2, 0) is 25.9 Å². The van der Waals surface area contributed by atoms with E-state index in [1.807, 2.05) is 12.1 Å². The molecule has 0 amide bonds. The monoisotopic (exact) mass is 324 g/mol. The summed E-state index contributed by atoms with van der Waals surface area (Å²) in [4.78, 5) is 2.26. The fourth-order valence-corrected chi connectivity index (χ4v) is 3.24. The number of nitrogens with zero attached hydrogens (tertiary/aromatic N) is 5. The van der Waals surface area contributed by atoms with Crippen molar-refractivity contribution >= 4 is 0 Å². The maximum absolute atomic E-state index is 5.50. The molecule has 124 valence electrons. The number of nitrogens with one attached hydrogen (secondary N) is 1. The van der Waals surface area contributed by atoms with Crippen LogP contribution in [0, 0.1) is 0 Å². The van der Waals surface area contributed by atoms with Crippen molar-refractivity contribution in [1.29, 1.82) is 0 Å². The lowest BCUT2D eigenvalue weighted by molar-refractivity contribution is 0.301. The zero-order valence-corrected chi connectivity index (χ0v) is 13.7. The third kappa shape index (κ3) is 3.07. The molecule has 3 aromatic rings. The third-order valence-corrected chi connectivity index (χ3v) is 4.46. The molecule has 0 saturated heterocycles. The molecule has 2 heterocycles. The Balaban J connectivity index is 1.41. The van der Waals surface area contributed by atoms with Crippen molar-refractivity contribution in [3.63, 3.8) is 0 Å². The fraction of sp³-hybridized carbons (Fsp3) is 0.412. The third-order valence-electron chi connectivity index (χ3n) is 4.46. The number of fused-ring (bicyclic) bond motifs is 1. The van der Waals surface area contributed by atoms with Crippen LogP contribution in [-0.4, -0.2) is 37.7 Å². The lowest BCUT2D eigenvalue weighted by atomic mass is 9.96. The largest absolute Gasteiger partial charge is 0.361 e. The van der Waals surface area contributed by atoms with Gasteiger partial charge in [-0.3, -0.25) is 4.90 Å². The van der Waals surface area contributed by atoms with E-state index in [2.05, 4.69) is 49.9 Å². The Morgan fingerprint density at radius 2 is 1.96 bits per heavy atom. The summed E-state index contributed by atoms with van der Waals surface area (Å²) in [7, 11) is 2.11. The van der Waals surface area contributed by atoms with Gasteiger partial charge in [-0.1, -0.05) is 29.4 Å². The Morgan fingerprint density at radius 1 is 1.12 bits per heavy atom. The maximum Gasteiger partial charge on any atom is 0.204 e. The zero-order valence-electron chi connectivity index (χ0n) is 13.7. The second-order valence-electron chi connectivity index (χ2n) is 6.34. The number of benzene rings is 1. The van der Waals surface area contributed by atoms with E-state index in [4.69, 9.17) is 4.52 Å². The van der Waals surface area contributed by atoms with E-state index in [9.17, 15) is 0 Å². The summed E-state index contributed by atoms with van der Waals surface area (Å²) in [6, 6.07) is 8.24. The molecular formula is C17H20N6O. The van der Waals surface area contributed by atoms with Crippen molar-refractivity contribution in [3.05, 3.63) is 46.8 Å². The second-order valence-corrected chi connectivity index (χ2v) is 6.34. The van der Waals surface area contributed by atoms with Crippen molar-refractivity contribution in [2.45, 2.75) is 38.8 Å². The van der Waals surface area contributed by atoms with Gasteiger partial charge >= 0.3 is 0 Å². The molecule has 0 bridgehead atoms. The number of hydrogen-bond donors (Lipinski definition) is 1. The number of aromatic nitrogens is 5. The molecule has 0 aliphatic heterocycles. The van der Waals surface area contributed by atoms with Crippen molar-refractivity contribution < 1.29 is 4.52 Å². The van der Waals surface area contributed by atoms with Gasteiger partial charge in [-0.05, 0) is 37.1 Å². The molecule has 0 unspecified atom stereocenters. The first-order valence-corrected chi connectivity index (χ1v) is 8.27. The van der Waals surface area contributed by atoms with Crippen LogP contribution in [0.4, 0.5) is 0 Å². The molecule has 7 nitrogen and oxygen atoms in total. The van der Waals surface area contributed by atoms with Gasteiger partial charge in [0.05, 0.1) is 0 Å². The maximum atomic E-state index is 5.50.